The van der Waals surface area contributed by atoms with Crippen LogP contribution < -0.4 is 10.0 Å². The molecule has 0 saturated heterocycles. The van der Waals surface area contributed by atoms with Crippen LogP contribution in [0.25, 0.3) is 5.76 Å². The second kappa shape index (κ2) is 8.28. The molecule has 0 radical (unpaired) electrons. The molecular formula is C24H21FN4O6S2. The van der Waals surface area contributed by atoms with E-state index in [2.05, 4.69) is 14.4 Å². The summed E-state index contributed by atoms with van der Waals surface area (Å²) in [6.45, 7) is 1.64. The van der Waals surface area contributed by atoms with Crippen molar-refractivity contribution in [3.63, 3.8) is 0 Å². The first-order chi connectivity index (χ1) is 17.3. The maximum absolute atomic E-state index is 13.9. The predicted octanol–water partition coefficient (Wildman–Crippen LogP) is 3.02. The van der Waals surface area contributed by atoms with Crippen LogP contribution in [0, 0.1) is 5.82 Å². The lowest BCUT2D eigenvalue weighted by molar-refractivity contribution is -0.123. The van der Waals surface area contributed by atoms with E-state index >= 15 is 0 Å². The quantitative estimate of drug-likeness (QED) is 0.447. The summed E-state index contributed by atoms with van der Waals surface area (Å²) in [6.07, 6.45) is 2.68. The third kappa shape index (κ3) is 4.29. The van der Waals surface area contributed by atoms with Crippen molar-refractivity contribution in [3.8, 4) is 0 Å². The number of hydrogen-bond acceptors (Lipinski definition) is 7. The Labute approximate surface area is 212 Å². The monoisotopic (exact) mass is 544 g/mol. The zero-order chi connectivity index (χ0) is 26.8. The average Bonchev–Trinajstić information content (AvgIpc) is 3.30. The zero-order valence-corrected chi connectivity index (χ0v) is 21.2. The van der Waals surface area contributed by atoms with Crippen LogP contribution in [0.2, 0.25) is 0 Å². The number of nitrogens with one attached hydrogen (secondary N) is 2. The number of benzene rings is 2. The highest BCUT2D eigenvalue weighted by Gasteiger charge is 2.46. The molecule has 0 bridgehead atoms. The minimum atomic E-state index is -4.39. The van der Waals surface area contributed by atoms with Gasteiger partial charge in [-0.15, -0.1) is 4.40 Å². The molecule has 3 heterocycles. The van der Waals surface area contributed by atoms with Gasteiger partial charge in [-0.2, -0.15) is 8.42 Å². The first-order valence-electron chi connectivity index (χ1n) is 10.9. The number of sulfonamides is 2. The Balaban J connectivity index is 1.60. The highest BCUT2D eigenvalue weighted by Crippen LogP contribution is 2.39. The Hall–Kier alpha value is -3.97. The predicted molar refractivity (Wildman–Crippen MR) is 136 cm³/mol. The standard InChI is InChI=1S/C24H21FN4O6S2/c1-24(13-14-5-7-15(25)8-6-14)22(31)20(21(30)18-4-3-11-29(18)24)23-26-17-10-9-16(27-36(2,32)33)12-19(17)37(34,35)28-23/h3-12,27,30H,13H2,1-2H3,(H,26,28). The van der Waals surface area contributed by atoms with Gasteiger partial charge in [0.05, 0.1) is 17.6 Å². The average molecular weight is 545 g/mol. The van der Waals surface area contributed by atoms with Gasteiger partial charge >= 0.3 is 0 Å². The molecule has 37 heavy (non-hydrogen) atoms. The van der Waals surface area contributed by atoms with Crippen molar-refractivity contribution in [2.75, 3.05) is 16.3 Å². The molecule has 1 unspecified atom stereocenters. The Morgan fingerprint density at radius 1 is 1.16 bits per heavy atom. The van der Waals surface area contributed by atoms with E-state index in [1.54, 1.807) is 42.0 Å². The minimum absolute atomic E-state index is 0.0192. The van der Waals surface area contributed by atoms with Gasteiger partial charge < -0.3 is 15.0 Å². The SMILES string of the molecule is CC1(Cc2ccc(F)cc2)C(=O)C(C2=NS(=O)(=O)c3cc(NS(C)(=O)=O)ccc3N2)=C(O)c2cccn21. The molecule has 2 aromatic carbocycles. The second-order valence-corrected chi connectivity index (χ2v) is 12.3. The van der Waals surface area contributed by atoms with Gasteiger partial charge in [0.25, 0.3) is 10.0 Å². The molecule has 10 nitrogen and oxygen atoms in total. The maximum atomic E-state index is 13.9. The fraction of sp³-hybridized carbons (Fsp3) is 0.167. The number of aliphatic hydroxyl groups is 1. The van der Waals surface area contributed by atoms with Gasteiger partial charge in [-0.1, -0.05) is 12.1 Å². The Morgan fingerprint density at radius 2 is 1.86 bits per heavy atom. The summed E-state index contributed by atoms with van der Waals surface area (Å²) in [5.41, 5.74) is -0.609. The van der Waals surface area contributed by atoms with Gasteiger partial charge in [-0.3, -0.25) is 9.52 Å². The number of rotatable bonds is 5. The number of anilines is 2. The van der Waals surface area contributed by atoms with Crippen LogP contribution in [0.5, 0.6) is 0 Å². The molecule has 3 aromatic rings. The van der Waals surface area contributed by atoms with Gasteiger partial charge in [0.15, 0.2) is 17.4 Å². The van der Waals surface area contributed by atoms with Crippen molar-refractivity contribution in [3.05, 3.63) is 83.4 Å². The fourth-order valence-electron chi connectivity index (χ4n) is 4.55. The molecule has 13 heteroatoms. The normalized spacial score (nSPS) is 20.5. The molecule has 1 aromatic heterocycles. The van der Waals surface area contributed by atoms with E-state index in [4.69, 9.17) is 0 Å². The first kappa shape index (κ1) is 24.7. The number of halogens is 1. The van der Waals surface area contributed by atoms with Crippen molar-refractivity contribution in [1.82, 2.24) is 4.57 Å². The van der Waals surface area contributed by atoms with E-state index in [1.807, 2.05) is 0 Å². The molecule has 0 saturated carbocycles. The highest BCUT2D eigenvalue weighted by atomic mass is 32.2. The number of carbonyl (C=O) groups is 1. The topological polar surface area (TPSA) is 147 Å². The van der Waals surface area contributed by atoms with Gasteiger partial charge in [0.1, 0.15) is 21.8 Å². The summed E-state index contributed by atoms with van der Waals surface area (Å²) in [7, 11) is -8.04. The molecular weight excluding hydrogens is 523 g/mol. The molecule has 5 rings (SSSR count). The number of fused-ring (bicyclic) bond motifs is 2. The summed E-state index contributed by atoms with van der Waals surface area (Å²) >= 11 is 0. The van der Waals surface area contributed by atoms with Crippen LogP contribution in [0.3, 0.4) is 0 Å². The fourth-order valence-corrected chi connectivity index (χ4v) is 6.25. The summed E-state index contributed by atoms with van der Waals surface area (Å²) in [6, 6.07) is 12.7. The van der Waals surface area contributed by atoms with Crippen LogP contribution in [-0.4, -0.2) is 44.4 Å². The molecule has 0 aliphatic carbocycles. The van der Waals surface area contributed by atoms with Crippen LogP contribution in [0.4, 0.5) is 15.8 Å². The number of amidine groups is 1. The lowest BCUT2D eigenvalue weighted by Gasteiger charge is -2.37. The molecule has 2 aliphatic heterocycles. The summed E-state index contributed by atoms with van der Waals surface area (Å²) in [5, 5.41) is 13.9. The lowest BCUT2D eigenvalue weighted by atomic mass is 9.81. The van der Waals surface area contributed by atoms with Crippen molar-refractivity contribution < 1.29 is 31.1 Å². The van der Waals surface area contributed by atoms with Gasteiger partial charge in [-0.25, -0.2) is 12.8 Å². The largest absolute Gasteiger partial charge is 0.505 e. The maximum Gasteiger partial charge on any atom is 0.286 e. The molecule has 192 valence electrons. The molecule has 2 aliphatic rings. The molecule has 1 atom stereocenters. The van der Waals surface area contributed by atoms with Gasteiger partial charge in [0, 0.05) is 18.3 Å². The van der Waals surface area contributed by atoms with Gasteiger partial charge in [0.2, 0.25) is 10.0 Å². The lowest BCUT2D eigenvalue weighted by Crippen LogP contribution is -2.48. The van der Waals surface area contributed by atoms with Gasteiger partial charge in [-0.05, 0) is 55.0 Å². The third-order valence-corrected chi connectivity index (χ3v) is 8.12. The Bertz CT molecular complexity index is 1740. The van der Waals surface area contributed by atoms with E-state index in [1.165, 1.54) is 24.3 Å². The highest BCUT2D eigenvalue weighted by molar-refractivity contribution is 7.92. The number of aliphatic hydroxyl groups excluding tert-OH is 1. The van der Waals surface area contributed by atoms with Crippen molar-refractivity contribution >= 4 is 48.8 Å². The van der Waals surface area contributed by atoms with Crippen LogP contribution in [0.15, 0.2) is 75.7 Å². The number of carbonyl (C=O) groups excluding carboxylic acids is 1. The number of ketones is 1. The Kier molecular flexibility index (Phi) is 5.53. The number of Topliss-reactive ketones (excluding diaryl/α,β-unsaturated/α-hetero) is 1. The molecule has 0 fully saturated rings. The minimum Gasteiger partial charge on any atom is -0.505 e. The zero-order valence-electron chi connectivity index (χ0n) is 19.6. The van der Waals surface area contributed by atoms with E-state index in [0.717, 1.165) is 12.3 Å². The van der Waals surface area contributed by atoms with E-state index in [9.17, 15) is 31.1 Å². The van der Waals surface area contributed by atoms with Crippen molar-refractivity contribution in [2.45, 2.75) is 23.8 Å². The summed E-state index contributed by atoms with van der Waals surface area (Å²) in [4.78, 5) is 13.6. The summed E-state index contributed by atoms with van der Waals surface area (Å²) < 4.78 is 70.3. The van der Waals surface area contributed by atoms with Crippen LogP contribution in [0.1, 0.15) is 18.2 Å². The molecule has 0 spiro atoms. The van der Waals surface area contributed by atoms with E-state index in [-0.39, 0.29) is 39.8 Å². The van der Waals surface area contributed by atoms with E-state index < -0.39 is 42.9 Å². The first-order valence-corrected chi connectivity index (χ1v) is 14.3. The van der Waals surface area contributed by atoms with Crippen molar-refractivity contribution in [1.29, 1.82) is 0 Å². The number of nitrogens with zero attached hydrogens (tertiary/aromatic N) is 2. The number of aromatic nitrogens is 1. The Morgan fingerprint density at radius 3 is 2.54 bits per heavy atom. The second-order valence-electron chi connectivity index (χ2n) is 9.02. The molecule has 3 N–H and O–H groups in total. The van der Waals surface area contributed by atoms with Crippen molar-refractivity contribution in [2.24, 2.45) is 4.40 Å². The van der Waals surface area contributed by atoms with E-state index in [0.29, 0.717) is 5.56 Å². The smallest absolute Gasteiger partial charge is 0.286 e. The van der Waals surface area contributed by atoms with Crippen LogP contribution >= 0.6 is 0 Å². The molecule has 0 amide bonds. The summed E-state index contributed by atoms with van der Waals surface area (Å²) in [5.74, 6) is -1.84. The third-order valence-electron chi connectivity index (χ3n) is 6.20. The number of hydrogen-bond donors (Lipinski definition) is 3. The van der Waals surface area contributed by atoms with Crippen LogP contribution in [-0.2, 0) is 36.8 Å².